The van der Waals surface area contributed by atoms with Gasteiger partial charge in [-0.15, -0.1) is 0 Å². The molecule has 0 saturated carbocycles. The zero-order chi connectivity index (χ0) is 15.5. The molecule has 1 aromatic rings. The number of rotatable bonds is 3. The lowest BCUT2D eigenvalue weighted by atomic mass is 10.2. The summed E-state index contributed by atoms with van der Waals surface area (Å²) in [4.78, 5) is 17.4. The molecule has 1 amide bonds. The van der Waals surface area contributed by atoms with E-state index in [2.05, 4.69) is 4.99 Å². The largest absolute Gasteiger partial charge is 0.491 e. The first-order valence-corrected chi connectivity index (χ1v) is 6.75. The molecule has 0 fully saturated rings. The minimum Gasteiger partial charge on any atom is -0.491 e. The lowest BCUT2D eigenvalue weighted by Gasteiger charge is -2.23. The molecule has 2 rings (SSSR count). The molecule has 114 valence electrons. The minimum absolute atomic E-state index is 0.180. The smallest absolute Gasteiger partial charge is 0.415 e. The van der Waals surface area contributed by atoms with Gasteiger partial charge in [0.1, 0.15) is 29.8 Å². The Morgan fingerprint density at radius 1 is 1.48 bits per heavy atom. The molecule has 1 aliphatic heterocycles. The van der Waals surface area contributed by atoms with Gasteiger partial charge in [-0.25, -0.2) is 9.18 Å². The Morgan fingerprint density at radius 2 is 2.24 bits per heavy atom. The second-order valence-electron chi connectivity index (χ2n) is 5.82. The van der Waals surface area contributed by atoms with Crippen molar-refractivity contribution >= 4 is 12.4 Å². The third-order valence-electron chi connectivity index (χ3n) is 2.69. The first-order valence-electron chi connectivity index (χ1n) is 6.75. The van der Waals surface area contributed by atoms with E-state index in [4.69, 9.17) is 9.47 Å². The number of aliphatic imine (C=N–C) groups is 1. The Morgan fingerprint density at radius 3 is 2.90 bits per heavy atom. The lowest BCUT2D eigenvalue weighted by molar-refractivity contribution is 0.0379. The molecular formula is C15H19FN2O3. The summed E-state index contributed by atoms with van der Waals surface area (Å²) in [5.74, 6) is 0.0960. The number of carbonyl (C=O) groups excluding carboxylic acids is 1. The zero-order valence-corrected chi connectivity index (χ0v) is 12.4. The third kappa shape index (κ3) is 4.73. The molecule has 0 N–H and O–H groups in total. The fourth-order valence-corrected chi connectivity index (χ4v) is 1.78. The molecule has 1 atom stereocenters. The van der Waals surface area contributed by atoms with Gasteiger partial charge >= 0.3 is 6.09 Å². The van der Waals surface area contributed by atoms with Crippen molar-refractivity contribution in [2.75, 3.05) is 13.2 Å². The van der Waals surface area contributed by atoms with E-state index in [1.807, 2.05) is 20.8 Å². The van der Waals surface area contributed by atoms with Crippen molar-refractivity contribution in [3.63, 3.8) is 0 Å². The highest BCUT2D eigenvalue weighted by Gasteiger charge is 2.27. The van der Waals surface area contributed by atoms with Gasteiger partial charge in [-0.2, -0.15) is 0 Å². The lowest BCUT2D eigenvalue weighted by Crippen LogP contribution is -2.37. The molecule has 0 saturated heterocycles. The SMILES string of the molecule is CC(C)(C)OC(=O)N1C=NC(COc2cccc(F)c2)C1. The van der Waals surface area contributed by atoms with Crippen LogP contribution in [-0.2, 0) is 4.74 Å². The number of hydrogen-bond donors (Lipinski definition) is 0. The number of hydrogen-bond acceptors (Lipinski definition) is 4. The summed E-state index contributed by atoms with van der Waals surface area (Å²) < 4.78 is 23.7. The van der Waals surface area contributed by atoms with Gasteiger partial charge in [0.15, 0.2) is 0 Å². The van der Waals surface area contributed by atoms with Crippen LogP contribution in [0.4, 0.5) is 9.18 Å². The van der Waals surface area contributed by atoms with Crippen LogP contribution in [0.25, 0.3) is 0 Å². The van der Waals surface area contributed by atoms with Crippen LogP contribution in [0.5, 0.6) is 5.75 Å². The highest BCUT2D eigenvalue weighted by molar-refractivity contribution is 5.84. The van der Waals surface area contributed by atoms with E-state index in [-0.39, 0.29) is 18.5 Å². The van der Waals surface area contributed by atoms with Gasteiger partial charge in [-0.3, -0.25) is 9.89 Å². The number of benzene rings is 1. The van der Waals surface area contributed by atoms with Gasteiger partial charge in [0.05, 0.1) is 12.9 Å². The second-order valence-corrected chi connectivity index (χ2v) is 5.82. The Hall–Kier alpha value is -2.11. The molecule has 1 unspecified atom stereocenters. The van der Waals surface area contributed by atoms with Crippen LogP contribution in [0.15, 0.2) is 29.3 Å². The van der Waals surface area contributed by atoms with Gasteiger partial charge in [-0.1, -0.05) is 6.07 Å². The summed E-state index contributed by atoms with van der Waals surface area (Å²) in [7, 11) is 0. The highest BCUT2D eigenvalue weighted by atomic mass is 19.1. The first-order chi connectivity index (χ1) is 9.83. The Balaban J connectivity index is 1.81. The fraction of sp³-hybridized carbons (Fsp3) is 0.467. The molecule has 1 aliphatic rings. The fourth-order valence-electron chi connectivity index (χ4n) is 1.78. The quantitative estimate of drug-likeness (QED) is 0.861. The molecule has 6 heteroatoms. The summed E-state index contributed by atoms with van der Waals surface area (Å²) in [5.41, 5.74) is -0.541. The standard InChI is InChI=1S/C15H19FN2O3/c1-15(2,3)21-14(19)18-8-12(17-10-18)9-20-13-6-4-5-11(16)7-13/h4-7,10,12H,8-9H2,1-3H3. The second kappa shape index (κ2) is 6.11. The number of ether oxygens (including phenoxy) is 2. The van der Waals surface area contributed by atoms with E-state index in [0.29, 0.717) is 12.3 Å². The number of amides is 1. The summed E-state index contributed by atoms with van der Waals surface area (Å²) >= 11 is 0. The van der Waals surface area contributed by atoms with Crippen LogP contribution >= 0.6 is 0 Å². The molecule has 5 nitrogen and oxygen atoms in total. The number of carbonyl (C=O) groups is 1. The first kappa shape index (κ1) is 15.3. The maximum Gasteiger partial charge on any atom is 0.415 e. The molecule has 0 aromatic heterocycles. The molecule has 0 spiro atoms. The topological polar surface area (TPSA) is 51.1 Å². The van der Waals surface area contributed by atoms with Crippen molar-refractivity contribution in [1.82, 2.24) is 4.90 Å². The maximum atomic E-state index is 13.0. The predicted octanol–water partition coefficient (Wildman–Crippen LogP) is 2.85. The molecule has 21 heavy (non-hydrogen) atoms. The van der Waals surface area contributed by atoms with Crippen molar-refractivity contribution in [3.8, 4) is 5.75 Å². The molecule has 0 aliphatic carbocycles. The van der Waals surface area contributed by atoms with E-state index >= 15 is 0 Å². The average Bonchev–Trinajstić information content (AvgIpc) is 2.83. The van der Waals surface area contributed by atoms with E-state index in [1.165, 1.54) is 23.4 Å². The van der Waals surface area contributed by atoms with Crippen LogP contribution in [0.1, 0.15) is 20.8 Å². The van der Waals surface area contributed by atoms with Crippen molar-refractivity contribution in [1.29, 1.82) is 0 Å². The maximum absolute atomic E-state index is 13.0. The Labute approximate surface area is 123 Å². The Bertz CT molecular complexity index is 540. The van der Waals surface area contributed by atoms with Crippen LogP contribution in [0, 0.1) is 5.82 Å². The average molecular weight is 294 g/mol. The van der Waals surface area contributed by atoms with Gasteiger partial charge in [0.2, 0.25) is 0 Å². The van der Waals surface area contributed by atoms with E-state index < -0.39 is 11.7 Å². The number of nitrogens with zero attached hydrogens (tertiary/aromatic N) is 2. The molecule has 1 aromatic carbocycles. The third-order valence-corrected chi connectivity index (χ3v) is 2.69. The van der Waals surface area contributed by atoms with E-state index in [0.717, 1.165) is 0 Å². The van der Waals surface area contributed by atoms with Gasteiger partial charge in [0.25, 0.3) is 0 Å². The summed E-state index contributed by atoms with van der Waals surface area (Å²) in [6.07, 6.45) is 1.02. The van der Waals surface area contributed by atoms with Crippen LogP contribution < -0.4 is 4.74 Å². The normalized spacial score (nSPS) is 17.9. The Kier molecular flexibility index (Phi) is 4.45. The van der Waals surface area contributed by atoms with E-state index in [1.54, 1.807) is 12.1 Å². The van der Waals surface area contributed by atoms with Crippen LogP contribution in [0.3, 0.4) is 0 Å². The van der Waals surface area contributed by atoms with Crippen molar-refractivity contribution in [2.24, 2.45) is 4.99 Å². The summed E-state index contributed by atoms with van der Waals surface area (Å²) in [5, 5.41) is 0. The zero-order valence-electron chi connectivity index (χ0n) is 12.4. The van der Waals surface area contributed by atoms with Gasteiger partial charge < -0.3 is 9.47 Å². The summed E-state index contributed by atoms with van der Waals surface area (Å²) in [6.45, 7) is 6.09. The monoisotopic (exact) mass is 294 g/mol. The predicted molar refractivity (Wildman–Crippen MR) is 77.1 cm³/mol. The molecule has 1 heterocycles. The molecule has 0 bridgehead atoms. The highest BCUT2D eigenvalue weighted by Crippen LogP contribution is 2.15. The van der Waals surface area contributed by atoms with Gasteiger partial charge in [-0.05, 0) is 32.9 Å². The van der Waals surface area contributed by atoms with Crippen molar-refractivity contribution in [2.45, 2.75) is 32.4 Å². The van der Waals surface area contributed by atoms with E-state index in [9.17, 15) is 9.18 Å². The van der Waals surface area contributed by atoms with Crippen molar-refractivity contribution < 1.29 is 18.7 Å². The summed E-state index contributed by atoms with van der Waals surface area (Å²) in [6, 6.07) is 5.73. The van der Waals surface area contributed by atoms with Gasteiger partial charge in [0, 0.05) is 6.07 Å². The molecular weight excluding hydrogens is 275 g/mol. The minimum atomic E-state index is -0.541. The molecule has 0 radical (unpaired) electrons. The van der Waals surface area contributed by atoms with Crippen LogP contribution in [0.2, 0.25) is 0 Å². The van der Waals surface area contributed by atoms with Crippen molar-refractivity contribution in [3.05, 3.63) is 30.1 Å². The number of halogens is 1. The van der Waals surface area contributed by atoms with Crippen LogP contribution in [-0.4, -0.2) is 42.1 Å².